The number of fused-ring (bicyclic) bond motifs is 5. The van der Waals surface area contributed by atoms with Crippen LogP contribution in [0.4, 0.5) is 0 Å². The Morgan fingerprint density at radius 2 is 1.72 bits per heavy atom. The van der Waals surface area contributed by atoms with Crippen LogP contribution in [0.15, 0.2) is 11.6 Å². The normalized spacial score (nSPS) is 46.5. The summed E-state index contributed by atoms with van der Waals surface area (Å²) in [6, 6.07) is 0. The molecule has 0 unspecified atom stereocenters. The molecule has 0 aromatic heterocycles. The number of aliphatic hydroxyl groups excluding tert-OH is 1. The second kappa shape index (κ2) is 7.99. The van der Waals surface area contributed by atoms with E-state index in [9.17, 15) is 5.11 Å². The molecule has 4 rings (SSSR count). The zero-order chi connectivity index (χ0) is 21.0. The van der Waals surface area contributed by atoms with Gasteiger partial charge in [-0.15, -0.1) is 0 Å². The zero-order valence-electron chi connectivity index (χ0n) is 20.2. The molecular formula is C28H48O. The Morgan fingerprint density at radius 3 is 2.45 bits per heavy atom. The van der Waals surface area contributed by atoms with E-state index in [0.29, 0.717) is 10.8 Å². The first kappa shape index (κ1) is 21.9. The highest BCUT2D eigenvalue weighted by Gasteiger charge is 2.59. The van der Waals surface area contributed by atoms with Crippen molar-refractivity contribution in [2.75, 3.05) is 0 Å². The van der Waals surface area contributed by atoms with Crippen LogP contribution >= 0.6 is 0 Å². The summed E-state index contributed by atoms with van der Waals surface area (Å²) in [6.45, 7) is 15.1. The summed E-state index contributed by atoms with van der Waals surface area (Å²) < 4.78 is 0. The van der Waals surface area contributed by atoms with Gasteiger partial charge in [-0.05, 0) is 104 Å². The van der Waals surface area contributed by atoms with Gasteiger partial charge in [-0.1, -0.05) is 66.0 Å². The fourth-order valence-electron chi connectivity index (χ4n) is 8.68. The Hall–Kier alpha value is -0.300. The van der Waals surface area contributed by atoms with Crippen LogP contribution in [0, 0.1) is 52.3 Å². The van der Waals surface area contributed by atoms with Crippen LogP contribution in [0.2, 0.25) is 0 Å². The van der Waals surface area contributed by atoms with Crippen LogP contribution in [0.1, 0.15) is 106 Å². The van der Waals surface area contributed by atoms with E-state index >= 15 is 0 Å². The lowest BCUT2D eigenvalue weighted by Crippen LogP contribution is -2.50. The average Bonchev–Trinajstić information content (AvgIpc) is 3.03. The van der Waals surface area contributed by atoms with Crippen molar-refractivity contribution >= 4 is 0 Å². The van der Waals surface area contributed by atoms with E-state index in [2.05, 4.69) is 47.6 Å². The first-order valence-corrected chi connectivity index (χ1v) is 13.0. The Balaban J connectivity index is 1.49. The van der Waals surface area contributed by atoms with E-state index in [1.165, 1.54) is 51.4 Å². The standard InChI is InChI=1S/C28H48O/c1-18(2)19(3)7-8-20(4)24-11-12-25-23-10-9-21-17-22(29)13-15-27(21,5)26(23)14-16-28(24,25)6/h9,18-20,22-26,29H,7-8,10-17H2,1-6H3/t19-,20-,22-,23+,24-,25+,26-,27-,28+/m0/s1. The maximum absolute atomic E-state index is 10.2. The molecule has 166 valence electrons. The highest BCUT2D eigenvalue weighted by atomic mass is 16.3. The molecule has 1 heteroatoms. The summed E-state index contributed by atoms with van der Waals surface area (Å²) >= 11 is 0. The van der Waals surface area contributed by atoms with Gasteiger partial charge in [0.2, 0.25) is 0 Å². The van der Waals surface area contributed by atoms with Crippen molar-refractivity contribution in [1.82, 2.24) is 0 Å². The smallest absolute Gasteiger partial charge is 0.0577 e. The summed E-state index contributed by atoms with van der Waals surface area (Å²) in [5.74, 6) is 6.24. The predicted octanol–water partition coefficient (Wildman–Crippen LogP) is 7.63. The molecule has 1 N–H and O–H groups in total. The fraction of sp³-hybridized carbons (Fsp3) is 0.929. The quantitative estimate of drug-likeness (QED) is 0.470. The van der Waals surface area contributed by atoms with Crippen LogP contribution in [0.3, 0.4) is 0 Å². The van der Waals surface area contributed by atoms with Crippen molar-refractivity contribution in [2.24, 2.45) is 52.3 Å². The van der Waals surface area contributed by atoms with E-state index < -0.39 is 0 Å². The lowest BCUT2D eigenvalue weighted by atomic mass is 9.47. The zero-order valence-corrected chi connectivity index (χ0v) is 20.2. The number of allylic oxidation sites excluding steroid dienone is 1. The van der Waals surface area contributed by atoms with E-state index in [1.807, 2.05) is 0 Å². The molecule has 0 aliphatic heterocycles. The minimum Gasteiger partial charge on any atom is -0.393 e. The Bertz CT molecular complexity index is 620. The van der Waals surface area contributed by atoms with Gasteiger partial charge in [-0.2, -0.15) is 0 Å². The lowest BCUT2D eigenvalue weighted by Gasteiger charge is -2.58. The monoisotopic (exact) mass is 400 g/mol. The van der Waals surface area contributed by atoms with E-state index in [4.69, 9.17) is 0 Å². The van der Waals surface area contributed by atoms with Crippen molar-refractivity contribution < 1.29 is 5.11 Å². The van der Waals surface area contributed by atoms with Crippen molar-refractivity contribution in [1.29, 1.82) is 0 Å². The molecule has 0 radical (unpaired) electrons. The number of hydrogen-bond donors (Lipinski definition) is 1. The first-order valence-electron chi connectivity index (χ1n) is 13.0. The minimum atomic E-state index is -0.0790. The second-order valence-corrected chi connectivity index (χ2v) is 12.7. The van der Waals surface area contributed by atoms with Crippen LogP contribution in [-0.2, 0) is 0 Å². The van der Waals surface area contributed by atoms with Gasteiger partial charge in [0.1, 0.15) is 0 Å². The van der Waals surface area contributed by atoms with Gasteiger partial charge in [0, 0.05) is 0 Å². The molecular weight excluding hydrogens is 352 g/mol. The van der Waals surface area contributed by atoms with Crippen molar-refractivity contribution in [2.45, 2.75) is 112 Å². The molecule has 0 bridgehead atoms. The summed E-state index contributed by atoms with van der Waals surface area (Å²) in [7, 11) is 0. The van der Waals surface area contributed by atoms with Gasteiger partial charge in [-0.25, -0.2) is 0 Å². The average molecular weight is 401 g/mol. The Kier molecular flexibility index (Phi) is 6.04. The molecule has 1 nitrogen and oxygen atoms in total. The number of rotatable bonds is 5. The molecule has 0 aromatic rings. The Labute approximate surface area is 181 Å². The third-order valence-corrected chi connectivity index (χ3v) is 11.1. The first-order chi connectivity index (χ1) is 13.7. The predicted molar refractivity (Wildman–Crippen MR) is 124 cm³/mol. The lowest BCUT2D eigenvalue weighted by molar-refractivity contribution is -0.0574. The van der Waals surface area contributed by atoms with Gasteiger partial charge in [0.25, 0.3) is 0 Å². The second-order valence-electron chi connectivity index (χ2n) is 12.7. The molecule has 0 spiro atoms. The molecule has 4 aliphatic rings. The minimum absolute atomic E-state index is 0.0790. The van der Waals surface area contributed by atoms with Crippen LogP contribution in [0.25, 0.3) is 0 Å². The molecule has 0 heterocycles. The van der Waals surface area contributed by atoms with Crippen LogP contribution in [0.5, 0.6) is 0 Å². The van der Waals surface area contributed by atoms with Crippen molar-refractivity contribution in [3.8, 4) is 0 Å². The Morgan fingerprint density at radius 1 is 0.966 bits per heavy atom. The summed E-state index contributed by atoms with van der Waals surface area (Å²) in [5.41, 5.74) is 2.59. The van der Waals surface area contributed by atoms with E-state index in [1.54, 1.807) is 5.57 Å². The maximum Gasteiger partial charge on any atom is 0.0577 e. The third-order valence-electron chi connectivity index (χ3n) is 11.1. The molecule has 0 aromatic carbocycles. The van der Waals surface area contributed by atoms with Gasteiger partial charge >= 0.3 is 0 Å². The number of hydrogen-bond acceptors (Lipinski definition) is 1. The van der Waals surface area contributed by atoms with Crippen molar-refractivity contribution in [3.05, 3.63) is 11.6 Å². The van der Waals surface area contributed by atoms with Gasteiger partial charge in [-0.3, -0.25) is 0 Å². The summed E-state index contributed by atoms with van der Waals surface area (Å²) in [6.07, 6.45) is 15.7. The molecule has 3 saturated carbocycles. The molecule has 29 heavy (non-hydrogen) atoms. The molecule has 4 aliphatic carbocycles. The molecule has 9 atom stereocenters. The van der Waals surface area contributed by atoms with Gasteiger partial charge in [0.15, 0.2) is 0 Å². The topological polar surface area (TPSA) is 20.2 Å². The van der Waals surface area contributed by atoms with Crippen LogP contribution in [-0.4, -0.2) is 11.2 Å². The molecule has 0 saturated heterocycles. The highest BCUT2D eigenvalue weighted by Crippen LogP contribution is 2.67. The molecule has 3 fully saturated rings. The number of aliphatic hydroxyl groups is 1. The van der Waals surface area contributed by atoms with Gasteiger partial charge in [0.05, 0.1) is 6.10 Å². The van der Waals surface area contributed by atoms with E-state index in [-0.39, 0.29) is 6.10 Å². The SMILES string of the molecule is CC(C)[C@@H](C)CC[C@H](C)[C@@H]1CC[C@@H]2[C@H]3CC=C4C[C@@H](O)CC[C@]4(C)[C@H]3CC[C@@]21C. The third kappa shape index (κ3) is 3.66. The van der Waals surface area contributed by atoms with E-state index in [0.717, 1.165) is 54.3 Å². The summed E-state index contributed by atoms with van der Waals surface area (Å²) in [4.78, 5) is 0. The largest absolute Gasteiger partial charge is 0.393 e. The molecule has 0 amide bonds. The summed E-state index contributed by atoms with van der Waals surface area (Å²) in [5, 5.41) is 10.2. The van der Waals surface area contributed by atoms with Crippen LogP contribution < -0.4 is 0 Å². The van der Waals surface area contributed by atoms with Gasteiger partial charge < -0.3 is 5.11 Å². The highest BCUT2D eigenvalue weighted by molar-refractivity contribution is 5.25. The van der Waals surface area contributed by atoms with Crippen molar-refractivity contribution in [3.63, 3.8) is 0 Å². The maximum atomic E-state index is 10.2. The fourth-order valence-corrected chi connectivity index (χ4v) is 8.68.